The maximum Gasteiger partial charge on any atom is 0.322 e. The van der Waals surface area contributed by atoms with Gasteiger partial charge in [-0.3, -0.25) is 10.1 Å². The fourth-order valence-electron chi connectivity index (χ4n) is 2.09. The van der Waals surface area contributed by atoms with Gasteiger partial charge in [0.05, 0.1) is 13.2 Å². The lowest BCUT2D eigenvalue weighted by atomic mass is 10.2. The van der Waals surface area contributed by atoms with Crippen molar-refractivity contribution in [2.45, 2.75) is 40.0 Å². The smallest absolute Gasteiger partial charge is 0.322 e. The van der Waals surface area contributed by atoms with Gasteiger partial charge in [0.25, 0.3) is 0 Å². The summed E-state index contributed by atoms with van der Waals surface area (Å²) >= 11 is 0. The number of nitrogens with zero attached hydrogens (tertiary/aromatic N) is 2. The highest BCUT2D eigenvalue weighted by Gasteiger charge is 2.14. The number of unbranched alkanes of at least 4 members (excludes halogenated alkanes) is 1. The van der Waals surface area contributed by atoms with E-state index in [1.54, 1.807) is 12.1 Å². The van der Waals surface area contributed by atoms with E-state index in [9.17, 15) is 4.79 Å². The quantitative estimate of drug-likeness (QED) is 0.753. The van der Waals surface area contributed by atoms with E-state index < -0.39 is 0 Å². The molecule has 1 amide bonds. The molecule has 0 unspecified atom stereocenters. The molecule has 1 N–H and O–H groups in total. The minimum Gasteiger partial charge on any atom is -0.490 e. The second-order valence-electron chi connectivity index (χ2n) is 5.09. The molecule has 0 aliphatic carbocycles. The van der Waals surface area contributed by atoms with Gasteiger partial charge in [0.1, 0.15) is 0 Å². The first-order chi connectivity index (χ1) is 11.7. The van der Waals surface area contributed by atoms with E-state index in [0.29, 0.717) is 42.6 Å². The molecule has 0 aliphatic rings. The minimum absolute atomic E-state index is 0.0953. The third kappa shape index (κ3) is 4.71. The number of carbonyl (C=O) groups is 1. The summed E-state index contributed by atoms with van der Waals surface area (Å²) in [6, 6.07) is 5.49. The minimum atomic E-state index is -0.131. The van der Waals surface area contributed by atoms with Crippen LogP contribution in [-0.2, 0) is 4.79 Å². The zero-order valence-corrected chi connectivity index (χ0v) is 14.3. The third-order valence-corrected chi connectivity index (χ3v) is 3.22. The zero-order valence-electron chi connectivity index (χ0n) is 14.3. The molecule has 24 heavy (non-hydrogen) atoms. The van der Waals surface area contributed by atoms with Gasteiger partial charge in [-0.15, -0.1) is 5.10 Å². The molecule has 0 fully saturated rings. The first kappa shape index (κ1) is 17.8. The van der Waals surface area contributed by atoms with Crippen molar-refractivity contribution in [1.29, 1.82) is 0 Å². The Bertz CT molecular complexity index is 670. The largest absolute Gasteiger partial charge is 0.490 e. The van der Waals surface area contributed by atoms with Crippen LogP contribution in [0.3, 0.4) is 0 Å². The van der Waals surface area contributed by atoms with Gasteiger partial charge in [-0.05, 0) is 38.5 Å². The average Bonchev–Trinajstić information content (AvgIpc) is 3.03. The summed E-state index contributed by atoms with van der Waals surface area (Å²) in [5, 5.41) is 10.4. The maximum absolute atomic E-state index is 11.7. The highest BCUT2D eigenvalue weighted by atomic mass is 16.5. The fourth-order valence-corrected chi connectivity index (χ4v) is 2.09. The number of nitrogens with one attached hydrogen (secondary N) is 1. The van der Waals surface area contributed by atoms with Gasteiger partial charge in [0.2, 0.25) is 11.8 Å². The molecule has 1 heterocycles. The Labute approximate surface area is 141 Å². The number of benzene rings is 1. The number of ether oxygens (including phenoxy) is 2. The molecule has 2 aromatic rings. The van der Waals surface area contributed by atoms with E-state index in [0.717, 1.165) is 12.8 Å². The molecule has 0 aliphatic heterocycles. The first-order valence-electron chi connectivity index (χ1n) is 8.21. The highest BCUT2D eigenvalue weighted by molar-refractivity contribution is 5.88. The Morgan fingerprint density at radius 1 is 1.12 bits per heavy atom. The predicted octanol–water partition coefficient (Wildman–Crippen LogP) is 3.66. The molecule has 0 spiro atoms. The molecule has 0 saturated heterocycles. The van der Waals surface area contributed by atoms with Crippen LogP contribution in [0.4, 0.5) is 6.01 Å². The van der Waals surface area contributed by atoms with Crippen molar-refractivity contribution < 1.29 is 18.7 Å². The van der Waals surface area contributed by atoms with Crippen molar-refractivity contribution in [1.82, 2.24) is 10.2 Å². The van der Waals surface area contributed by atoms with Gasteiger partial charge in [-0.2, -0.15) is 0 Å². The number of hydrogen-bond donors (Lipinski definition) is 1. The molecular weight excluding hydrogens is 310 g/mol. The van der Waals surface area contributed by atoms with Crippen molar-refractivity contribution in [3.05, 3.63) is 18.2 Å². The SMILES string of the molecule is CCCCC(=O)Nc1nnc(-c2ccc(OCC)c(OCC)c2)o1. The summed E-state index contributed by atoms with van der Waals surface area (Å²) in [6.45, 7) is 6.91. The molecule has 1 aromatic carbocycles. The zero-order chi connectivity index (χ0) is 17.4. The van der Waals surface area contributed by atoms with E-state index in [2.05, 4.69) is 15.5 Å². The van der Waals surface area contributed by atoms with Crippen molar-refractivity contribution in [2.75, 3.05) is 18.5 Å². The lowest BCUT2D eigenvalue weighted by Crippen LogP contribution is -2.11. The third-order valence-electron chi connectivity index (χ3n) is 3.22. The summed E-state index contributed by atoms with van der Waals surface area (Å²) in [4.78, 5) is 11.7. The van der Waals surface area contributed by atoms with E-state index in [-0.39, 0.29) is 11.9 Å². The second-order valence-corrected chi connectivity index (χ2v) is 5.09. The summed E-state index contributed by atoms with van der Waals surface area (Å²) in [5.41, 5.74) is 0.698. The molecule has 7 heteroatoms. The van der Waals surface area contributed by atoms with Crippen LogP contribution in [0.15, 0.2) is 22.6 Å². The van der Waals surface area contributed by atoms with Gasteiger partial charge in [-0.1, -0.05) is 18.4 Å². The van der Waals surface area contributed by atoms with Gasteiger partial charge < -0.3 is 13.9 Å². The standard InChI is InChI=1S/C17H23N3O4/c1-4-7-8-15(21)18-17-20-19-16(24-17)12-9-10-13(22-5-2)14(11-12)23-6-3/h9-11H,4-8H2,1-3H3,(H,18,20,21). The normalized spacial score (nSPS) is 10.5. The summed E-state index contributed by atoms with van der Waals surface area (Å²) in [6.07, 6.45) is 2.21. The number of amides is 1. The van der Waals surface area contributed by atoms with E-state index in [1.165, 1.54) is 0 Å². The Hall–Kier alpha value is -2.57. The van der Waals surface area contributed by atoms with E-state index >= 15 is 0 Å². The summed E-state index contributed by atoms with van der Waals surface area (Å²) in [7, 11) is 0. The molecule has 0 saturated carbocycles. The Morgan fingerprint density at radius 3 is 2.58 bits per heavy atom. The monoisotopic (exact) mass is 333 g/mol. The van der Waals surface area contributed by atoms with Gasteiger partial charge in [0.15, 0.2) is 11.5 Å². The number of rotatable bonds is 9. The highest BCUT2D eigenvalue weighted by Crippen LogP contribution is 2.32. The van der Waals surface area contributed by atoms with Crippen LogP contribution in [0.1, 0.15) is 40.0 Å². The number of hydrogen-bond acceptors (Lipinski definition) is 6. The number of carbonyl (C=O) groups excluding carboxylic acids is 1. The lowest BCUT2D eigenvalue weighted by Gasteiger charge is -2.11. The maximum atomic E-state index is 11.7. The fraction of sp³-hybridized carbons (Fsp3) is 0.471. The van der Waals surface area contributed by atoms with Crippen molar-refractivity contribution >= 4 is 11.9 Å². The van der Waals surface area contributed by atoms with Gasteiger partial charge in [0, 0.05) is 12.0 Å². The van der Waals surface area contributed by atoms with E-state index in [4.69, 9.17) is 13.9 Å². The van der Waals surface area contributed by atoms with Crippen LogP contribution in [-0.4, -0.2) is 29.3 Å². The molecule has 0 atom stereocenters. The van der Waals surface area contributed by atoms with Crippen LogP contribution in [0.5, 0.6) is 11.5 Å². The van der Waals surface area contributed by atoms with Crippen molar-refractivity contribution in [3.63, 3.8) is 0 Å². The molecule has 0 radical (unpaired) electrons. The van der Waals surface area contributed by atoms with Crippen LogP contribution < -0.4 is 14.8 Å². The topological polar surface area (TPSA) is 86.5 Å². The van der Waals surface area contributed by atoms with Gasteiger partial charge in [-0.25, -0.2) is 0 Å². The Morgan fingerprint density at radius 2 is 1.88 bits per heavy atom. The van der Waals surface area contributed by atoms with E-state index in [1.807, 2.05) is 26.8 Å². The van der Waals surface area contributed by atoms with Crippen molar-refractivity contribution in [2.24, 2.45) is 0 Å². The molecule has 1 aromatic heterocycles. The molecule has 0 bridgehead atoms. The molecule has 7 nitrogen and oxygen atoms in total. The molecular formula is C17H23N3O4. The predicted molar refractivity (Wildman–Crippen MR) is 90.2 cm³/mol. The van der Waals surface area contributed by atoms with Crippen LogP contribution in [0.2, 0.25) is 0 Å². The Balaban J connectivity index is 2.14. The average molecular weight is 333 g/mol. The lowest BCUT2D eigenvalue weighted by molar-refractivity contribution is -0.116. The number of aromatic nitrogens is 2. The van der Waals surface area contributed by atoms with Crippen LogP contribution in [0, 0.1) is 0 Å². The Kier molecular flexibility index (Phi) is 6.60. The van der Waals surface area contributed by atoms with Gasteiger partial charge >= 0.3 is 6.01 Å². The molecule has 130 valence electrons. The summed E-state index contributed by atoms with van der Waals surface area (Å²) in [5.74, 6) is 1.46. The van der Waals surface area contributed by atoms with Crippen LogP contribution >= 0.6 is 0 Å². The molecule has 2 rings (SSSR count). The number of anilines is 1. The second kappa shape index (κ2) is 8.90. The first-order valence-corrected chi connectivity index (χ1v) is 8.21. The van der Waals surface area contributed by atoms with Crippen LogP contribution in [0.25, 0.3) is 11.5 Å². The summed E-state index contributed by atoms with van der Waals surface area (Å²) < 4.78 is 16.6. The van der Waals surface area contributed by atoms with Crippen molar-refractivity contribution in [3.8, 4) is 23.0 Å².